The molecular weight excluding hydrogens is 232 g/mol. The van der Waals surface area contributed by atoms with Crippen molar-refractivity contribution in [2.75, 3.05) is 32.7 Å². The lowest BCUT2D eigenvalue weighted by molar-refractivity contribution is 0.0730. The molecule has 2 rings (SSSR count). The van der Waals surface area contributed by atoms with Gasteiger partial charge in [0.25, 0.3) is 0 Å². The van der Waals surface area contributed by atoms with Crippen LogP contribution in [0.15, 0.2) is 0 Å². The maximum absolute atomic E-state index is 3.65. The Kier molecular flexibility index (Phi) is 5.70. The van der Waals surface area contributed by atoms with Crippen molar-refractivity contribution in [3.63, 3.8) is 0 Å². The first-order chi connectivity index (χ1) is 9.15. The fraction of sp³-hybridized carbons (Fsp3) is 1.00. The second-order valence-electron chi connectivity index (χ2n) is 7.39. The van der Waals surface area contributed by atoms with Crippen LogP contribution < -0.4 is 5.32 Å². The quantitative estimate of drug-likeness (QED) is 0.819. The van der Waals surface area contributed by atoms with Crippen LogP contribution in [0.2, 0.25) is 0 Å². The van der Waals surface area contributed by atoms with E-state index in [4.69, 9.17) is 0 Å². The molecule has 0 spiro atoms. The van der Waals surface area contributed by atoms with Crippen LogP contribution in [0, 0.1) is 17.3 Å². The van der Waals surface area contributed by atoms with Gasteiger partial charge in [0.2, 0.25) is 0 Å². The van der Waals surface area contributed by atoms with Gasteiger partial charge in [-0.1, -0.05) is 27.2 Å². The van der Waals surface area contributed by atoms with Crippen molar-refractivity contribution in [3.05, 3.63) is 0 Å². The zero-order valence-corrected chi connectivity index (χ0v) is 13.4. The van der Waals surface area contributed by atoms with Crippen LogP contribution in [0.25, 0.3) is 0 Å². The molecule has 0 aliphatic carbocycles. The average molecular weight is 266 g/mol. The molecule has 0 aromatic carbocycles. The summed E-state index contributed by atoms with van der Waals surface area (Å²) in [6.07, 6.45) is 8.41. The maximum Gasteiger partial charge on any atom is 0.00501 e. The van der Waals surface area contributed by atoms with Crippen molar-refractivity contribution in [1.82, 2.24) is 10.2 Å². The molecule has 2 fully saturated rings. The fourth-order valence-corrected chi connectivity index (χ4v) is 4.24. The van der Waals surface area contributed by atoms with E-state index in [1.165, 1.54) is 71.2 Å². The standard InChI is InChI=1S/C17H34N2/c1-4-8-17(9-5-10-18-13-17)14-19-11-6-16(7-12-19)15(2)3/h15-16,18H,4-14H2,1-3H3. The number of hydrogen-bond acceptors (Lipinski definition) is 2. The Morgan fingerprint density at radius 3 is 2.53 bits per heavy atom. The molecule has 2 saturated heterocycles. The minimum Gasteiger partial charge on any atom is -0.316 e. The highest BCUT2D eigenvalue weighted by atomic mass is 15.1. The second-order valence-corrected chi connectivity index (χ2v) is 7.39. The van der Waals surface area contributed by atoms with Gasteiger partial charge in [-0.2, -0.15) is 0 Å². The minimum atomic E-state index is 0.581. The molecule has 2 aliphatic heterocycles. The summed E-state index contributed by atoms with van der Waals surface area (Å²) >= 11 is 0. The highest BCUT2D eigenvalue weighted by Crippen LogP contribution is 2.34. The van der Waals surface area contributed by atoms with E-state index in [0.717, 1.165) is 11.8 Å². The molecular formula is C17H34N2. The predicted molar refractivity (Wildman–Crippen MR) is 83.4 cm³/mol. The summed E-state index contributed by atoms with van der Waals surface area (Å²) in [6, 6.07) is 0. The number of hydrogen-bond donors (Lipinski definition) is 1. The topological polar surface area (TPSA) is 15.3 Å². The lowest BCUT2D eigenvalue weighted by Gasteiger charge is -2.44. The molecule has 0 amide bonds. The Labute approximate surface area is 120 Å². The molecule has 1 atom stereocenters. The van der Waals surface area contributed by atoms with Gasteiger partial charge in [0, 0.05) is 13.1 Å². The summed E-state index contributed by atoms with van der Waals surface area (Å²) in [7, 11) is 0. The molecule has 19 heavy (non-hydrogen) atoms. The Balaban J connectivity index is 1.85. The smallest absolute Gasteiger partial charge is 0.00501 e. The van der Waals surface area contributed by atoms with Crippen LogP contribution in [0.1, 0.15) is 59.3 Å². The summed E-state index contributed by atoms with van der Waals surface area (Å²) in [5, 5.41) is 3.65. The first-order valence-corrected chi connectivity index (χ1v) is 8.58. The van der Waals surface area contributed by atoms with Crippen LogP contribution in [0.4, 0.5) is 0 Å². The molecule has 112 valence electrons. The van der Waals surface area contributed by atoms with Crippen molar-refractivity contribution in [2.24, 2.45) is 17.3 Å². The Bertz CT molecular complexity index is 242. The third-order valence-electron chi connectivity index (χ3n) is 5.48. The Morgan fingerprint density at radius 1 is 1.26 bits per heavy atom. The van der Waals surface area contributed by atoms with Gasteiger partial charge < -0.3 is 10.2 Å². The molecule has 0 aromatic rings. The number of likely N-dealkylation sites (tertiary alicyclic amines) is 1. The van der Waals surface area contributed by atoms with E-state index in [-0.39, 0.29) is 0 Å². The van der Waals surface area contributed by atoms with Gasteiger partial charge in [-0.05, 0) is 69.0 Å². The summed E-state index contributed by atoms with van der Waals surface area (Å²) in [6.45, 7) is 13.7. The summed E-state index contributed by atoms with van der Waals surface area (Å²) in [5.74, 6) is 1.85. The van der Waals surface area contributed by atoms with E-state index in [1.54, 1.807) is 0 Å². The monoisotopic (exact) mass is 266 g/mol. The van der Waals surface area contributed by atoms with Gasteiger partial charge in [0.05, 0.1) is 0 Å². The molecule has 1 unspecified atom stereocenters. The maximum atomic E-state index is 3.65. The summed E-state index contributed by atoms with van der Waals surface area (Å²) in [5.41, 5.74) is 0.581. The molecule has 2 heterocycles. The lowest BCUT2D eigenvalue weighted by Crippen LogP contribution is -2.49. The SMILES string of the molecule is CCCC1(CN2CCC(C(C)C)CC2)CCCNC1. The van der Waals surface area contributed by atoms with Crippen LogP contribution >= 0.6 is 0 Å². The van der Waals surface area contributed by atoms with Gasteiger partial charge in [0.15, 0.2) is 0 Å². The Hall–Kier alpha value is -0.0800. The minimum absolute atomic E-state index is 0.581. The second kappa shape index (κ2) is 7.08. The van der Waals surface area contributed by atoms with Crippen molar-refractivity contribution in [2.45, 2.75) is 59.3 Å². The molecule has 0 bridgehead atoms. The Morgan fingerprint density at radius 2 is 2.00 bits per heavy atom. The zero-order chi connectivity index (χ0) is 13.7. The fourth-order valence-electron chi connectivity index (χ4n) is 4.24. The number of piperidine rings is 2. The predicted octanol–water partition coefficient (Wildman–Crippen LogP) is 3.52. The van der Waals surface area contributed by atoms with Gasteiger partial charge in [-0.25, -0.2) is 0 Å². The van der Waals surface area contributed by atoms with E-state index in [1.807, 2.05) is 0 Å². The van der Waals surface area contributed by atoms with Crippen LogP contribution in [-0.2, 0) is 0 Å². The zero-order valence-electron chi connectivity index (χ0n) is 13.4. The number of nitrogens with zero attached hydrogens (tertiary/aromatic N) is 1. The summed E-state index contributed by atoms with van der Waals surface area (Å²) < 4.78 is 0. The highest BCUT2D eigenvalue weighted by Gasteiger charge is 2.34. The molecule has 0 aromatic heterocycles. The van der Waals surface area contributed by atoms with E-state index < -0.39 is 0 Å². The van der Waals surface area contributed by atoms with Crippen LogP contribution in [0.5, 0.6) is 0 Å². The molecule has 2 heteroatoms. The largest absolute Gasteiger partial charge is 0.316 e. The van der Waals surface area contributed by atoms with Gasteiger partial charge in [-0.15, -0.1) is 0 Å². The number of nitrogens with one attached hydrogen (secondary N) is 1. The van der Waals surface area contributed by atoms with Crippen molar-refractivity contribution >= 4 is 0 Å². The molecule has 0 radical (unpaired) electrons. The molecule has 2 aliphatic rings. The third kappa shape index (κ3) is 4.19. The van der Waals surface area contributed by atoms with E-state index in [2.05, 4.69) is 31.0 Å². The normalized spacial score (nSPS) is 30.9. The first kappa shape index (κ1) is 15.3. The van der Waals surface area contributed by atoms with Gasteiger partial charge >= 0.3 is 0 Å². The van der Waals surface area contributed by atoms with Crippen molar-refractivity contribution < 1.29 is 0 Å². The third-order valence-corrected chi connectivity index (χ3v) is 5.48. The summed E-state index contributed by atoms with van der Waals surface area (Å²) in [4.78, 5) is 2.77. The number of rotatable bonds is 5. The molecule has 0 saturated carbocycles. The first-order valence-electron chi connectivity index (χ1n) is 8.58. The van der Waals surface area contributed by atoms with Crippen LogP contribution in [0.3, 0.4) is 0 Å². The average Bonchev–Trinajstić information content (AvgIpc) is 2.40. The van der Waals surface area contributed by atoms with Gasteiger partial charge in [0.1, 0.15) is 0 Å². The highest BCUT2D eigenvalue weighted by molar-refractivity contribution is 4.89. The van der Waals surface area contributed by atoms with E-state index in [0.29, 0.717) is 5.41 Å². The van der Waals surface area contributed by atoms with E-state index in [9.17, 15) is 0 Å². The molecule has 1 N–H and O–H groups in total. The van der Waals surface area contributed by atoms with E-state index >= 15 is 0 Å². The van der Waals surface area contributed by atoms with Crippen LogP contribution in [-0.4, -0.2) is 37.6 Å². The van der Waals surface area contributed by atoms with Gasteiger partial charge in [-0.3, -0.25) is 0 Å². The van der Waals surface area contributed by atoms with Crippen molar-refractivity contribution in [1.29, 1.82) is 0 Å². The van der Waals surface area contributed by atoms with Crippen molar-refractivity contribution in [3.8, 4) is 0 Å². The molecule has 2 nitrogen and oxygen atoms in total. The lowest BCUT2D eigenvalue weighted by atomic mass is 9.76.